The Balaban J connectivity index is 2.38. The van der Waals surface area contributed by atoms with Crippen LogP contribution in [0.4, 0.5) is 8.78 Å². The number of aryl methyl sites for hydroxylation is 2. The molecule has 0 N–H and O–H groups in total. The summed E-state index contributed by atoms with van der Waals surface area (Å²) in [6.45, 7) is 3.13. The van der Waals surface area contributed by atoms with Gasteiger partial charge in [0.15, 0.2) is 0 Å². The molecule has 2 heteroatoms. The molecule has 1 aliphatic carbocycles. The summed E-state index contributed by atoms with van der Waals surface area (Å²) in [6, 6.07) is 5.15. The molecule has 2 rings (SSSR count). The fourth-order valence-corrected chi connectivity index (χ4v) is 2.11. The molecule has 0 radical (unpaired) electrons. The van der Waals surface area contributed by atoms with E-state index in [4.69, 9.17) is 0 Å². The third kappa shape index (κ3) is 1.77. The maximum absolute atomic E-state index is 13.7. The van der Waals surface area contributed by atoms with Crippen LogP contribution in [0.25, 0.3) is 0 Å². The first-order valence-corrected chi connectivity index (χ1v) is 5.52. The number of hydrogen-bond acceptors (Lipinski definition) is 0. The molecule has 0 atom stereocenters. The van der Waals surface area contributed by atoms with Crippen molar-refractivity contribution >= 4 is 0 Å². The van der Waals surface area contributed by atoms with Gasteiger partial charge in [0.1, 0.15) is 0 Å². The summed E-state index contributed by atoms with van der Waals surface area (Å²) >= 11 is 0. The second-order valence-corrected chi connectivity index (χ2v) is 4.61. The van der Waals surface area contributed by atoms with E-state index in [2.05, 4.69) is 0 Å². The molecular weight excluding hydrogens is 194 g/mol. The van der Waals surface area contributed by atoms with Crippen LogP contribution >= 0.6 is 0 Å². The number of halogens is 2. The molecule has 15 heavy (non-hydrogen) atoms. The fraction of sp³-hybridized carbons (Fsp3) is 0.538. The van der Waals surface area contributed by atoms with Crippen molar-refractivity contribution in [3.05, 3.63) is 34.9 Å². The van der Waals surface area contributed by atoms with Gasteiger partial charge in [0.25, 0.3) is 5.92 Å². The third-order valence-corrected chi connectivity index (χ3v) is 3.21. The van der Waals surface area contributed by atoms with Crippen LogP contribution in [0, 0.1) is 5.92 Å². The van der Waals surface area contributed by atoms with Crippen LogP contribution in [0.1, 0.15) is 37.0 Å². The Kier molecular flexibility index (Phi) is 2.53. The van der Waals surface area contributed by atoms with Crippen LogP contribution in [-0.4, -0.2) is 0 Å². The molecule has 0 fully saturated rings. The van der Waals surface area contributed by atoms with E-state index in [1.807, 2.05) is 6.07 Å². The van der Waals surface area contributed by atoms with Gasteiger partial charge >= 0.3 is 0 Å². The zero-order valence-electron chi connectivity index (χ0n) is 9.19. The topological polar surface area (TPSA) is 0 Å². The van der Waals surface area contributed by atoms with Gasteiger partial charge in [0, 0.05) is 11.5 Å². The normalized spacial score (nSPS) is 15.8. The number of alkyl halides is 2. The molecule has 0 amide bonds. The molecule has 1 aromatic carbocycles. The summed E-state index contributed by atoms with van der Waals surface area (Å²) in [5.41, 5.74) is 2.55. The first kappa shape index (κ1) is 10.6. The highest BCUT2D eigenvalue weighted by atomic mass is 19.3. The zero-order chi connectivity index (χ0) is 11.1. The lowest BCUT2D eigenvalue weighted by molar-refractivity contribution is -0.0514. The smallest absolute Gasteiger partial charge is 0.201 e. The summed E-state index contributed by atoms with van der Waals surface area (Å²) in [7, 11) is 0. The fourth-order valence-electron chi connectivity index (χ4n) is 2.11. The average molecular weight is 210 g/mol. The zero-order valence-corrected chi connectivity index (χ0v) is 9.19. The Morgan fingerprint density at radius 3 is 2.47 bits per heavy atom. The highest BCUT2D eigenvalue weighted by molar-refractivity contribution is 5.37. The third-order valence-electron chi connectivity index (χ3n) is 3.21. The summed E-state index contributed by atoms with van der Waals surface area (Å²) in [4.78, 5) is 0. The number of rotatable bonds is 2. The van der Waals surface area contributed by atoms with Crippen molar-refractivity contribution in [1.29, 1.82) is 0 Å². The monoisotopic (exact) mass is 210 g/mol. The van der Waals surface area contributed by atoms with E-state index < -0.39 is 11.8 Å². The van der Waals surface area contributed by atoms with Crippen LogP contribution in [0.3, 0.4) is 0 Å². The van der Waals surface area contributed by atoms with Crippen LogP contribution in [0.2, 0.25) is 0 Å². The van der Waals surface area contributed by atoms with E-state index in [0.29, 0.717) is 0 Å². The minimum atomic E-state index is -2.70. The molecule has 1 aliphatic rings. The standard InChI is InChI=1S/C13H16F2/c1-9(2)13(14,15)12-7-6-10-4-3-5-11(10)8-12/h6-9H,3-5H2,1-2H3. The highest BCUT2D eigenvalue weighted by Gasteiger charge is 2.35. The largest absolute Gasteiger partial charge is 0.275 e. The van der Waals surface area contributed by atoms with Crippen molar-refractivity contribution in [2.75, 3.05) is 0 Å². The van der Waals surface area contributed by atoms with Gasteiger partial charge in [-0.25, -0.2) is 8.78 Å². The van der Waals surface area contributed by atoms with Crippen molar-refractivity contribution < 1.29 is 8.78 Å². The van der Waals surface area contributed by atoms with Crippen molar-refractivity contribution in [3.63, 3.8) is 0 Å². The van der Waals surface area contributed by atoms with Gasteiger partial charge in [-0.15, -0.1) is 0 Å². The van der Waals surface area contributed by atoms with E-state index in [1.165, 1.54) is 5.56 Å². The van der Waals surface area contributed by atoms with Crippen molar-refractivity contribution in [1.82, 2.24) is 0 Å². The van der Waals surface area contributed by atoms with Crippen molar-refractivity contribution in [2.45, 2.75) is 39.0 Å². The van der Waals surface area contributed by atoms with Crippen molar-refractivity contribution in [3.8, 4) is 0 Å². The SMILES string of the molecule is CC(C)C(F)(F)c1ccc2c(c1)CCC2. The number of hydrogen-bond donors (Lipinski definition) is 0. The first-order valence-electron chi connectivity index (χ1n) is 5.52. The summed E-state index contributed by atoms with van der Waals surface area (Å²) in [5.74, 6) is -3.34. The maximum atomic E-state index is 13.7. The van der Waals surface area contributed by atoms with Crippen molar-refractivity contribution in [2.24, 2.45) is 5.92 Å². The Morgan fingerprint density at radius 1 is 1.13 bits per heavy atom. The minimum Gasteiger partial charge on any atom is -0.201 e. The van der Waals surface area contributed by atoms with Gasteiger partial charge in [-0.05, 0) is 36.5 Å². The quantitative estimate of drug-likeness (QED) is 0.694. The van der Waals surface area contributed by atoms with E-state index in [0.717, 1.165) is 24.8 Å². The molecule has 0 bridgehead atoms. The van der Waals surface area contributed by atoms with E-state index >= 15 is 0 Å². The number of benzene rings is 1. The molecule has 0 aliphatic heterocycles. The predicted octanol–water partition coefficient (Wildman–Crippen LogP) is 3.92. The van der Waals surface area contributed by atoms with Gasteiger partial charge in [-0.3, -0.25) is 0 Å². The molecule has 1 aromatic rings. The molecule has 0 aromatic heterocycles. The Hall–Kier alpha value is -0.920. The van der Waals surface area contributed by atoms with Crippen LogP contribution in [0.5, 0.6) is 0 Å². The first-order chi connectivity index (χ1) is 7.01. The molecule has 82 valence electrons. The molecule has 0 saturated carbocycles. The summed E-state index contributed by atoms with van der Waals surface area (Å²) in [6.07, 6.45) is 3.10. The van der Waals surface area contributed by atoms with Crippen LogP contribution < -0.4 is 0 Å². The predicted molar refractivity (Wildman–Crippen MR) is 57.2 cm³/mol. The molecule has 0 nitrogen and oxygen atoms in total. The molecule has 0 unspecified atom stereocenters. The van der Waals surface area contributed by atoms with Gasteiger partial charge < -0.3 is 0 Å². The summed E-state index contributed by atoms with van der Waals surface area (Å²) < 4.78 is 27.5. The average Bonchev–Trinajstić information content (AvgIpc) is 2.63. The maximum Gasteiger partial charge on any atom is 0.275 e. The lowest BCUT2D eigenvalue weighted by Crippen LogP contribution is -2.21. The lowest BCUT2D eigenvalue weighted by Gasteiger charge is -2.21. The Morgan fingerprint density at radius 2 is 1.80 bits per heavy atom. The van der Waals surface area contributed by atoms with Crippen LogP contribution in [0.15, 0.2) is 18.2 Å². The lowest BCUT2D eigenvalue weighted by atomic mass is 9.95. The number of fused-ring (bicyclic) bond motifs is 1. The Bertz CT molecular complexity index is 367. The summed E-state index contributed by atoms with van der Waals surface area (Å²) in [5, 5.41) is 0. The molecule has 0 heterocycles. The molecule has 0 saturated heterocycles. The second kappa shape index (κ2) is 3.58. The molecule has 0 spiro atoms. The van der Waals surface area contributed by atoms with Gasteiger partial charge in [0.2, 0.25) is 0 Å². The minimum absolute atomic E-state index is 0.179. The van der Waals surface area contributed by atoms with E-state index in [9.17, 15) is 8.78 Å². The van der Waals surface area contributed by atoms with E-state index in [-0.39, 0.29) is 5.56 Å². The highest BCUT2D eigenvalue weighted by Crippen LogP contribution is 2.37. The second-order valence-electron chi connectivity index (χ2n) is 4.61. The van der Waals surface area contributed by atoms with Gasteiger partial charge in [0.05, 0.1) is 0 Å². The van der Waals surface area contributed by atoms with Gasteiger partial charge in [-0.1, -0.05) is 26.0 Å². The van der Waals surface area contributed by atoms with E-state index in [1.54, 1.807) is 26.0 Å². The van der Waals surface area contributed by atoms with Gasteiger partial charge in [-0.2, -0.15) is 0 Å². The Labute approximate surface area is 89.3 Å². The molecular formula is C13H16F2. The van der Waals surface area contributed by atoms with Crippen LogP contribution in [-0.2, 0) is 18.8 Å².